The first-order valence-corrected chi connectivity index (χ1v) is 9.86. The number of nitrogens with zero attached hydrogens (tertiary/aromatic N) is 1. The number of halogens is 2. The lowest BCUT2D eigenvalue weighted by Crippen LogP contribution is -2.52. The molecule has 0 N–H and O–H groups in total. The van der Waals surface area contributed by atoms with Crippen LogP contribution in [0.2, 0.25) is 5.02 Å². The van der Waals surface area contributed by atoms with Gasteiger partial charge in [0.05, 0.1) is 0 Å². The van der Waals surface area contributed by atoms with Gasteiger partial charge in [0.25, 0.3) is 0 Å². The van der Waals surface area contributed by atoms with E-state index in [0.717, 1.165) is 17.6 Å². The Hall–Kier alpha value is -1.19. The molecule has 0 bridgehead atoms. The van der Waals surface area contributed by atoms with Crippen molar-refractivity contribution >= 4 is 34.9 Å². The fraction of sp³-hybridized carbons (Fsp3) is 0.571. The highest BCUT2D eigenvalue weighted by molar-refractivity contribution is 6.30. The Morgan fingerprint density at radius 1 is 1.15 bits per heavy atom. The third-order valence-corrected chi connectivity index (χ3v) is 5.12. The summed E-state index contributed by atoms with van der Waals surface area (Å²) in [5, 5.41) is 0.709. The van der Waals surface area contributed by atoms with Gasteiger partial charge in [-0.3, -0.25) is 0 Å². The summed E-state index contributed by atoms with van der Waals surface area (Å²) in [7, 11) is 0. The highest BCUT2D eigenvalue weighted by atomic mass is 35.5. The number of amides is 1. The van der Waals surface area contributed by atoms with E-state index in [1.807, 2.05) is 49.9 Å². The standard InChI is InChI=1S/C21H29Cl2NO2/c1-20(2,3)18-11-17(14-7-9-16(23)10-8-14)15(12-22)13-24(18)19(25)26-21(4,5)6/h7-10,18H,11-13H2,1-6H3. The molecule has 1 heterocycles. The first-order valence-electron chi connectivity index (χ1n) is 8.95. The van der Waals surface area contributed by atoms with E-state index in [4.69, 9.17) is 27.9 Å². The van der Waals surface area contributed by atoms with E-state index >= 15 is 0 Å². The van der Waals surface area contributed by atoms with Crippen molar-refractivity contribution in [1.29, 1.82) is 0 Å². The van der Waals surface area contributed by atoms with Gasteiger partial charge in [0.1, 0.15) is 5.60 Å². The Morgan fingerprint density at radius 3 is 2.19 bits per heavy atom. The second kappa shape index (κ2) is 7.82. The van der Waals surface area contributed by atoms with Crippen LogP contribution >= 0.6 is 23.2 Å². The van der Waals surface area contributed by atoms with Gasteiger partial charge in [0.2, 0.25) is 0 Å². The van der Waals surface area contributed by atoms with Gasteiger partial charge in [-0.1, -0.05) is 44.5 Å². The smallest absolute Gasteiger partial charge is 0.410 e. The van der Waals surface area contributed by atoms with E-state index in [1.165, 1.54) is 5.57 Å². The molecule has 0 saturated heterocycles. The molecule has 144 valence electrons. The summed E-state index contributed by atoms with van der Waals surface area (Å²) >= 11 is 12.3. The van der Waals surface area contributed by atoms with Crippen molar-refractivity contribution < 1.29 is 9.53 Å². The zero-order chi connectivity index (χ0) is 19.7. The molecule has 0 fully saturated rings. The normalized spacial score (nSPS) is 18.9. The van der Waals surface area contributed by atoms with E-state index in [2.05, 4.69) is 20.8 Å². The third-order valence-electron chi connectivity index (χ3n) is 4.54. The van der Waals surface area contributed by atoms with Gasteiger partial charge in [0.15, 0.2) is 0 Å². The minimum atomic E-state index is -0.527. The van der Waals surface area contributed by atoms with Crippen molar-refractivity contribution in [2.45, 2.75) is 59.6 Å². The van der Waals surface area contributed by atoms with Crippen molar-refractivity contribution in [3.8, 4) is 0 Å². The van der Waals surface area contributed by atoms with Crippen LogP contribution in [0, 0.1) is 5.41 Å². The van der Waals surface area contributed by atoms with Crippen molar-refractivity contribution in [2.75, 3.05) is 12.4 Å². The molecule has 1 aromatic rings. The maximum Gasteiger partial charge on any atom is 0.410 e. The van der Waals surface area contributed by atoms with E-state index < -0.39 is 5.60 Å². The number of ether oxygens (including phenoxy) is 1. The van der Waals surface area contributed by atoms with Gasteiger partial charge in [0, 0.05) is 23.5 Å². The van der Waals surface area contributed by atoms with E-state index in [1.54, 1.807) is 0 Å². The van der Waals surface area contributed by atoms with Crippen molar-refractivity contribution in [2.24, 2.45) is 5.41 Å². The zero-order valence-corrected chi connectivity index (χ0v) is 18.0. The lowest BCUT2D eigenvalue weighted by Gasteiger charge is -2.44. The van der Waals surface area contributed by atoms with Crippen molar-refractivity contribution in [3.63, 3.8) is 0 Å². The van der Waals surface area contributed by atoms with Crippen LogP contribution in [-0.4, -0.2) is 35.1 Å². The van der Waals surface area contributed by atoms with E-state index in [9.17, 15) is 4.79 Å². The van der Waals surface area contributed by atoms with Crippen LogP contribution in [-0.2, 0) is 4.74 Å². The summed E-state index contributed by atoms with van der Waals surface area (Å²) in [6, 6.07) is 7.85. The van der Waals surface area contributed by atoms with E-state index in [-0.39, 0.29) is 17.6 Å². The Balaban J connectivity index is 2.43. The quantitative estimate of drug-likeness (QED) is 0.541. The molecule has 2 rings (SSSR count). The van der Waals surface area contributed by atoms with Crippen LogP contribution in [0.5, 0.6) is 0 Å². The summed E-state index contributed by atoms with van der Waals surface area (Å²) < 4.78 is 5.66. The molecular formula is C21H29Cl2NO2. The average molecular weight is 398 g/mol. The lowest BCUT2D eigenvalue weighted by atomic mass is 9.77. The minimum Gasteiger partial charge on any atom is -0.444 e. The Morgan fingerprint density at radius 2 is 1.73 bits per heavy atom. The molecule has 0 saturated carbocycles. The molecular weight excluding hydrogens is 369 g/mol. The summed E-state index contributed by atoms with van der Waals surface area (Å²) in [6.07, 6.45) is 0.460. The van der Waals surface area contributed by atoms with Gasteiger partial charge in [-0.2, -0.15) is 0 Å². The molecule has 26 heavy (non-hydrogen) atoms. The van der Waals surface area contributed by atoms with E-state index in [0.29, 0.717) is 17.4 Å². The van der Waals surface area contributed by atoms with Gasteiger partial charge in [-0.25, -0.2) is 4.79 Å². The molecule has 5 heteroatoms. The summed E-state index contributed by atoms with van der Waals surface area (Å²) in [5.41, 5.74) is 2.76. The van der Waals surface area contributed by atoms with Crippen LogP contribution in [0.25, 0.3) is 5.57 Å². The predicted molar refractivity (Wildman–Crippen MR) is 110 cm³/mol. The van der Waals surface area contributed by atoms with Crippen LogP contribution < -0.4 is 0 Å². The van der Waals surface area contributed by atoms with Gasteiger partial charge in [-0.15, -0.1) is 11.6 Å². The molecule has 3 nitrogen and oxygen atoms in total. The number of alkyl halides is 1. The number of carbonyl (C=O) groups is 1. The largest absolute Gasteiger partial charge is 0.444 e. The molecule has 0 spiro atoms. The zero-order valence-electron chi connectivity index (χ0n) is 16.5. The minimum absolute atomic E-state index is 0.0231. The maximum atomic E-state index is 12.8. The SMILES string of the molecule is CC(C)(C)OC(=O)N1CC(CCl)=C(c2ccc(Cl)cc2)CC1C(C)(C)C. The average Bonchev–Trinajstić information content (AvgIpc) is 2.52. The molecule has 1 atom stereocenters. The molecule has 1 aromatic carbocycles. The van der Waals surface area contributed by atoms with Crippen LogP contribution in [0.4, 0.5) is 4.79 Å². The molecule has 0 aliphatic carbocycles. The molecule has 1 aliphatic heterocycles. The summed E-state index contributed by atoms with van der Waals surface area (Å²) in [4.78, 5) is 14.7. The Labute approximate surface area is 167 Å². The number of hydrogen-bond donors (Lipinski definition) is 0. The molecule has 0 radical (unpaired) electrons. The molecule has 1 unspecified atom stereocenters. The van der Waals surface area contributed by atoms with Gasteiger partial charge < -0.3 is 9.64 Å². The van der Waals surface area contributed by atoms with Crippen molar-refractivity contribution in [3.05, 3.63) is 40.4 Å². The Kier molecular flexibility index (Phi) is 6.35. The highest BCUT2D eigenvalue weighted by Gasteiger charge is 2.40. The summed E-state index contributed by atoms with van der Waals surface area (Å²) in [6.45, 7) is 12.6. The molecule has 0 aromatic heterocycles. The van der Waals surface area contributed by atoms with Gasteiger partial charge in [-0.05, 0) is 61.4 Å². The third kappa shape index (κ3) is 5.17. The summed E-state index contributed by atoms with van der Waals surface area (Å²) in [5.74, 6) is 0.383. The van der Waals surface area contributed by atoms with Gasteiger partial charge >= 0.3 is 6.09 Å². The Bertz CT molecular complexity index is 681. The number of benzene rings is 1. The number of rotatable bonds is 2. The molecule has 1 aliphatic rings. The monoisotopic (exact) mass is 397 g/mol. The molecule has 1 amide bonds. The number of carbonyl (C=O) groups excluding carboxylic acids is 1. The highest BCUT2D eigenvalue weighted by Crippen LogP contribution is 2.39. The second-order valence-electron chi connectivity index (χ2n) is 8.92. The topological polar surface area (TPSA) is 29.5 Å². The first kappa shape index (κ1) is 21.1. The van der Waals surface area contributed by atoms with Crippen LogP contribution in [0.3, 0.4) is 0 Å². The number of hydrogen-bond acceptors (Lipinski definition) is 2. The fourth-order valence-corrected chi connectivity index (χ4v) is 3.61. The van der Waals surface area contributed by atoms with Crippen LogP contribution in [0.15, 0.2) is 29.8 Å². The first-order chi connectivity index (χ1) is 11.9. The fourth-order valence-electron chi connectivity index (χ4n) is 3.24. The predicted octanol–water partition coefficient (Wildman–Crippen LogP) is 6.39. The lowest BCUT2D eigenvalue weighted by molar-refractivity contribution is 0.00411. The second-order valence-corrected chi connectivity index (χ2v) is 9.62. The van der Waals surface area contributed by atoms with Crippen LogP contribution in [0.1, 0.15) is 53.5 Å². The maximum absolute atomic E-state index is 12.8. The van der Waals surface area contributed by atoms with Crippen molar-refractivity contribution in [1.82, 2.24) is 4.90 Å².